The zero-order valence-electron chi connectivity index (χ0n) is 14.9. The van der Waals surface area contributed by atoms with Crippen molar-refractivity contribution in [3.05, 3.63) is 54.1 Å². The number of hydrogen-bond acceptors (Lipinski definition) is 5. The number of aryl methyl sites for hydroxylation is 2. The van der Waals surface area contributed by atoms with Gasteiger partial charge >= 0.3 is 0 Å². The highest BCUT2D eigenvalue weighted by Gasteiger charge is 2.07. The number of benzene rings is 1. The van der Waals surface area contributed by atoms with Crippen molar-refractivity contribution in [3.8, 4) is 11.6 Å². The SMILES string of the molecule is CCCCOc1ccc(Nc2cc(-n3nc(C)cc3C)ncn2)cc1. The van der Waals surface area contributed by atoms with Crippen molar-refractivity contribution >= 4 is 11.5 Å². The maximum absolute atomic E-state index is 5.68. The second-order valence-corrected chi connectivity index (χ2v) is 5.95. The Morgan fingerprint density at radius 3 is 2.56 bits per heavy atom. The third kappa shape index (κ3) is 4.35. The molecule has 25 heavy (non-hydrogen) atoms. The molecular formula is C19H23N5O. The first-order chi connectivity index (χ1) is 12.2. The van der Waals surface area contributed by atoms with Crippen LogP contribution in [-0.4, -0.2) is 26.4 Å². The summed E-state index contributed by atoms with van der Waals surface area (Å²) in [5, 5.41) is 7.74. The average Bonchev–Trinajstić information content (AvgIpc) is 2.95. The Bertz CT molecular complexity index is 826. The number of unbranched alkanes of at least 4 members (excludes halogenated alkanes) is 1. The molecule has 0 bridgehead atoms. The molecule has 0 spiro atoms. The van der Waals surface area contributed by atoms with Gasteiger partial charge in [-0.15, -0.1) is 0 Å². The number of anilines is 2. The Labute approximate surface area is 147 Å². The van der Waals surface area contributed by atoms with E-state index in [-0.39, 0.29) is 0 Å². The van der Waals surface area contributed by atoms with Crippen LogP contribution in [0.4, 0.5) is 11.5 Å². The monoisotopic (exact) mass is 337 g/mol. The van der Waals surface area contributed by atoms with E-state index in [1.165, 1.54) is 6.33 Å². The molecule has 6 heteroatoms. The molecule has 0 saturated heterocycles. The summed E-state index contributed by atoms with van der Waals surface area (Å²) in [5.41, 5.74) is 2.95. The van der Waals surface area contributed by atoms with Crippen LogP contribution in [0, 0.1) is 13.8 Å². The van der Waals surface area contributed by atoms with E-state index in [1.807, 2.05) is 54.9 Å². The quantitative estimate of drug-likeness (QED) is 0.655. The molecule has 0 amide bonds. The van der Waals surface area contributed by atoms with Gasteiger partial charge in [0.1, 0.15) is 17.9 Å². The molecule has 2 heterocycles. The largest absolute Gasteiger partial charge is 0.494 e. The van der Waals surface area contributed by atoms with Gasteiger partial charge in [0, 0.05) is 17.4 Å². The molecule has 3 rings (SSSR count). The summed E-state index contributed by atoms with van der Waals surface area (Å²) < 4.78 is 7.49. The van der Waals surface area contributed by atoms with Gasteiger partial charge in [0.2, 0.25) is 0 Å². The summed E-state index contributed by atoms with van der Waals surface area (Å²) in [4.78, 5) is 8.60. The molecule has 2 aromatic heterocycles. The molecule has 0 radical (unpaired) electrons. The minimum atomic E-state index is 0.720. The number of hydrogen-bond donors (Lipinski definition) is 1. The summed E-state index contributed by atoms with van der Waals surface area (Å²) in [6, 6.07) is 11.8. The van der Waals surface area contributed by atoms with Gasteiger partial charge in [0.15, 0.2) is 5.82 Å². The van der Waals surface area contributed by atoms with Gasteiger partial charge in [-0.25, -0.2) is 14.6 Å². The first kappa shape index (κ1) is 17.0. The lowest BCUT2D eigenvalue weighted by Gasteiger charge is -2.09. The van der Waals surface area contributed by atoms with E-state index in [1.54, 1.807) is 0 Å². The molecule has 0 aliphatic carbocycles. The van der Waals surface area contributed by atoms with Crippen LogP contribution in [0.5, 0.6) is 5.75 Å². The number of rotatable bonds is 7. The number of aromatic nitrogens is 4. The van der Waals surface area contributed by atoms with Gasteiger partial charge in [0.05, 0.1) is 12.3 Å². The molecule has 0 saturated carbocycles. The fourth-order valence-electron chi connectivity index (χ4n) is 2.51. The standard InChI is InChI=1S/C19H23N5O/c1-4-5-10-25-17-8-6-16(7-9-17)22-18-12-19(21-13-20-18)24-15(3)11-14(2)23-24/h6-9,11-13H,4-5,10H2,1-3H3,(H,20,21,22). The summed E-state index contributed by atoms with van der Waals surface area (Å²) in [6.07, 6.45) is 3.73. The lowest BCUT2D eigenvalue weighted by Crippen LogP contribution is -2.04. The third-order valence-electron chi connectivity index (χ3n) is 3.77. The van der Waals surface area contributed by atoms with E-state index in [9.17, 15) is 0 Å². The summed E-state index contributed by atoms with van der Waals surface area (Å²) in [5.74, 6) is 2.34. The normalized spacial score (nSPS) is 10.7. The highest BCUT2D eigenvalue weighted by Crippen LogP contribution is 2.20. The van der Waals surface area contributed by atoms with E-state index in [0.717, 1.165) is 53.9 Å². The van der Waals surface area contributed by atoms with E-state index >= 15 is 0 Å². The van der Waals surface area contributed by atoms with Crippen molar-refractivity contribution < 1.29 is 4.74 Å². The zero-order valence-corrected chi connectivity index (χ0v) is 14.9. The molecule has 130 valence electrons. The molecule has 0 aliphatic heterocycles. The smallest absolute Gasteiger partial charge is 0.159 e. The Kier molecular flexibility index (Phi) is 5.28. The van der Waals surface area contributed by atoms with Crippen LogP contribution >= 0.6 is 0 Å². The molecule has 6 nitrogen and oxygen atoms in total. The van der Waals surface area contributed by atoms with E-state index in [4.69, 9.17) is 4.74 Å². The van der Waals surface area contributed by atoms with Crippen LogP contribution in [-0.2, 0) is 0 Å². The van der Waals surface area contributed by atoms with Gasteiger partial charge in [0.25, 0.3) is 0 Å². The lowest BCUT2D eigenvalue weighted by atomic mass is 10.3. The highest BCUT2D eigenvalue weighted by molar-refractivity contribution is 5.58. The fraction of sp³-hybridized carbons (Fsp3) is 0.316. The van der Waals surface area contributed by atoms with Crippen molar-refractivity contribution in [1.82, 2.24) is 19.7 Å². The van der Waals surface area contributed by atoms with E-state index < -0.39 is 0 Å². The first-order valence-electron chi connectivity index (χ1n) is 8.51. The molecule has 0 fully saturated rings. The Hall–Kier alpha value is -2.89. The maximum atomic E-state index is 5.68. The minimum Gasteiger partial charge on any atom is -0.494 e. The van der Waals surface area contributed by atoms with Crippen molar-refractivity contribution in [3.63, 3.8) is 0 Å². The molecule has 1 N–H and O–H groups in total. The Balaban J connectivity index is 1.71. The number of nitrogens with zero attached hydrogens (tertiary/aromatic N) is 4. The minimum absolute atomic E-state index is 0.720. The van der Waals surface area contributed by atoms with Crippen LogP contribution in [0.2, 0.25) is 0 Å². The fourth-order valence-corrected chi connectivity index (χ4v) is 2.51. The highest BCUT2D eigenvalue weighted by atomic mass is 16.5. The molecule has 0 unspecified atom stereocenters. The van der Waals surface area contributed by atoms with Gasteiger partial charge < -0.3 is 10.1 Å². The average molecular weight is 337 g/mol. The predicted octanol–water partition coefficient (Wildman–Crippen LogP) is 4.20. The van der Waals surface area contributed by atoms with Crippen molar-refractivity contribution in [1.29, 1.82) is 0 Å². The van der Waals surface area contributed by atoms with Gasteiger partial charge in [-0.2, -0.15) is 5.10 Å². The predicted molar refractivity (Wildman–Crippen MR) is 98.8 cm³/mol. The van der Waals surface area contributed by atoms with Crippen molar-refractivity contribution in [2.24, 2.45) is 0 Å². The van der Waals surface area contributed by atoms with Gasteiger partial charge in [-0.05, 0) is 50.6 Å². The van der Waals surface area contributed by atoms with Crippen LogP contribution < -0.4 is 10.1 Å². The van der Waals surface area contributed by atoms with Crippen molar-refractivity contribution in [2.45, 2.75) is 33.6 Å². The lowest BCUT2D eigenvalue weighted by molar-refractivity contribution is 0.309. The van der Waals surface area contributed by atoms with Crippen LogP contribution in [0.3, 0.4) is 0 Å². The van der Waals surface area contributed by atoms with Crippen LogP contribution in [0.15, 0.2) is 42.7 Å². The molecule has 1 aromatic carbocycles. The second-order valence-electron chi connectivity index (χ2n) is 5.95. The number of nitrogens with one attached hydrogen (secondary N) is 1. The summed E-state index contributed by atoms with van der Waals surface area (Å²) in [7, 11) is 0. The van der Waals surface area contributed by atoms with Crippen molar-refractivity contribution in [2.75, 3.05) is 11.9 Å². The molecule has 0 aliphatic rings. The molecular weight excluding hydrogens is 314 g/mol. The van der Waals surface area contributed by atoms with Gasteiger partial charge in [-0.1, -0.05) is 13.3 Å². The molecule has 3 aromatic rings. The Morgan fingerprint density at radius 1 is 1.08 bits per heavy atom. The number of ether oxygens (including phenoxy) is 1. The van der Waals surface area contributed by atoms with E-state index in [0.29, 0.717) is 0 Å². The molecule has 0 atom stereocenters. The third-order valence-corrected chi connectivity index (χ3v) is 3.77. The van der Waals surface area contributed by atoms with Gasteiger partial charge in [-0.3, -0.25) is 0 Å². The first-order valence-corrected chi connectivity index (χ1v) is 8.51. The summed E-state index contributed by atoms with van der Waals surface area (Å²) >= 11 is 0. The second kappa shape index (κ2) is 7.79. The van der Waals surface area contributed by atoms with Crippen LogP contribution in [0.25, 0.3) is 5.82 Å². The topological polar surface area (TPSA) is 64.9 Å². The van der Waals surface area contributed by atoms with Crippen LogP contribution in [0.1, 0.15) is 31.2 Å². The zero-order chi connectivity index (χ0) is 17.6. The maximum Gasteiger partial charge on any atom is 0.159 e. The van der Waals surface area contributed by atoms with E-state index in [2.05, 4.69) is 27.3 Å². The summed E-state index contributed by atoms with van der Waals surface area (Å²) in [6.45, 7) is 6.88. The Morgan fingerprint density at radius 2 is 1.88 bits per heavy atom.